The zero-order chi connectivity index (χ0) is 14.4. The van der Waals surface area contributed by atoms with Crippen LogP contribution in [0, 0.1) is 0 Å². The van der Waals surface area contributed by atoms with Crippen LogP contribution in [0.25, 0.3) is 5.76 Å². The van der Waals surface area contributed by atoms with Gasteiger partial charge in [0.1, 0.15) is 5.76 Å². The van der Waals surface area contributed by atoms with Crippen molar-refractivity contribution in [2.45, 2.75) is 0 Å². The number of nitrogens with one attached hydrogen (secondary N) is 1. The quantitative estimate of drug-likeness (QED) is 0.813. The van der Waals surface area contributed by atoms with Gasteiger partial charge < -0.3 is 10.1 Å². The fraction of sp³-hybridized carbons (Fsp3) is 0.125. The summed E-state index contributed by atoms with van der Waals surface area (Å²) in [6.45, 7) is 0.687. The molecule has 0 amide bonds. The van der Waals surface area contributed by atoms with Crippen molar-refractivity contribution in [2.75, 3.05) is 13.6 Å². The van der Waals surface area contributed by atoms with Gasteiger partial charge in [-0.05, 0) is 25.3 Å². The number of benzene rings is 2. The molecule has 0 aliphatic carbocycles. The van der Waals surface area contributed by atoms with E-state index < -0.39 is 0 Å². The van der Waals surface area contributed by atoms with Crippen molar-refractivity contribution < 1.29 is 4.74 Å². The Bertz CT molecular complexity index is 576. The van der Waals surface area contributed by atoms with Crippen molar-refractivity contribution in [1.29, 1.82) is 0 Å². The van der Waals surface area contributed by atoms with E-state index in [0.29, 0.717) is 22.3 Å². The molecule has 0 aromatic heterocycles. The van der Waals surface area contributed by atoms with Gasteiger partial charge in [-0.15, -0.1) is 0 Å². The largest absolute Gasteiger partial charge is 0.454 e. The molecular weight excluding hydrogens is 293 g/mol. The van der Waals surface area contributed by atoms with E-state index >= 15 is 0 Å². The summed E-state index contributed by atoms with van der Waals surface area (Å²) in [5.74, 6) is 1.19. The molecule has 2 aromatic carbocycles. The third-order valence-corrected chi connectivity index (χ3v) is 3.28. The van der Waals surface area contributed by atoms with Gasteiger partial charge >= 0.3 is 0 Å². The van der Waals surface area contributed by atoms with Crippen LogP contribution >= 0.6 is 23.2 Å². The van der Waals surface area contributed by atoms with Gasteiger partial charge in [0.05, 0.1) is 10.0 Å². The van der Waals surface area contributed by atoms with E-state index in [4.69, 9.17) is 27.9 Å². The van der Waals surface area contributed by atoms with Crippen molar-refractivity contribution in [3.63, 3.8) is 0 Å². The van der Waals surface area contributed by atoms with E-state index in [2.05, 4.69) is 5.32 Å². The summed E-state index contributed by atoms with van der Waals surface area (Å²) in [5.41, 5.74) is 0.971. The first-order valence-corrected chi connectivity index (χ1v) is 7.00. The van der Waals surface area contributed by atoms with Crippen LogP contribution in [-0.2, 0) is 0 Å². The lowest BCUT2D eigenvalue weighted by atomic mass is 10.2. The maximum Gasteiger partial charge on any atom is 0.164 e. The summed E-state index contributed by atoms with van der Waals surface area (Å²) in [6.07, 6.45) is 1.95. The number of halogens is 2. The standard InChI is InChI=1S/C16H15Cl2NO/c1-19-11-10-15(12-6-3-2-4-7-12)20-16-13(17)8-5-9-14(16)18/h2-10,19H,11H2,1H3. The van der Waals surface area contributed by atoms with Crippen LogP contribution in [0.3, 0.4) is 0 Å². The normalized spacial score (nSPS) is 11.4. The highest BCUT2D eigenvalue weighted by molar-refractivity contribution is 6.37. The molecule has 20 heavy (non-hydrogen) atoms. The lowest BCUT2D eigenvalue weighted by Crippen LogP contribution is -2.07. The highest BCUT2D eigenvalue weighted by atomic mass is 35.5. The van der Waals surface area contributed by atoms with Crippen molar-refractivity contribution in [2.24, 2.45) is 0 Å². The maximum absolute atomic E-state index is 6.14. The predicted octanol–water partition coefficient (Wildman–Crippen LogP) is 4.63. The molecule has 0 unspecified atom stereocenters. The Morgan fingerprint density at radius 1 is 1.05 bits per heavy atom. The molecule has 0 heterocycles. The van der Waals surface area contributed by atoms with E-state index in [9.17, 15) is 0 Å². The molecule has 0 radical (unpaired) electrons. The Hall–Kier alpha value is -1.48. The molecule has 2 rings (SSSR count). The summed E-state index contributed by atoms with van der Waals surface area (Å²) >= 11 is 12.3. The Balaban J connectivity index is 2.34. The SMILES string of the molecule is CNCC=C(Oc1c(Cl)cccc1Cl)c1ccccc1. The van der Waals surface area contributed by atoms with Crippen molar-refractivity contribution in [1.82, 2.24) is 5.32 Å². The second kappa shape index (κ2) is 7.34. The van der Waals surface area contributed by atoms with Crippen LogP contribution in [0.1, 0.15) is 5.56 Å². The molecule has 0 bridgehead atoms. The van der Waals surface area contributed by atoms with Crippen LogP contribution in [-0.4, -0.2) is 13.6 Å². The third-order valence-electron chi connectivity index (χ3n) is 2.68. The Morgan fingerprint density at radius 3 is 2.30 bits per heavy atom. The molecule has 1 N–H and O–H groups in total. The van der Waals surface area contributed by atoms with Gasteiger partial charge in [0.15, 0.2) is 5.75 Å². The maximum atomic E-state index is 6.14. The first kappa shape index (κ1) is 14.9. The van der Waals surface area contributed by atoms with Crippen molar-refractivity contribution >= 4 is 29.0 Å². The van der Waals surface area contributed by atoms with Crippen LogP contribution < -0.4 is 10.1 Å². The molecule has 0 fully saturated rings. The van der Waals surface area contributed by atoms with E-state index in [1.54, 1.807) is 18.2 Å². The van der Waals surface area contributed by atoms with Crippen LogP contribution in [0.2, 0.25) is 10.0 Å². The van der Waals surface area contributed by atoms with E-state index in [0.717, 1.165) is 11.3 Å². The molecule has 0 spiro atoms. The lowest BCUT2D eigenvalue weighted by Gasteiger charge is -2.13. The summed E-state index contributed by atoms with van der Waals surface area (Å²) < 4.78 is 5.92. The van der Waals surface area contributed by atoms with Gasteiger partial charge in [-0.2, -0.15) is 0 Å². The summed E-state index contributed by atoms with van der Waals surface area (Å²) in [6, 6.07) is 15.1. The molecule has 0 aliphatic heterocycles. The van der Waals surface area contributed by atoms with Crippen LogP contribution in [0.4, 0.5) is 0 Å². The van der Waals surface area contributed by atoms with Crippen molar-refractivity contribution in [3.05, 3.63) is 70.2 Å². The minimum atomic E-state index is 0.474. The molecule has 2 aromatic rings. The summed E-state index contributed by atoms with van der Waals surface area (Å²) in [4.78, 5) is 0. The van der Waals surface area contributed by atoms with E-state index in [-0.39, 0.29) is 0 Å². The van der Waals surface area contributed by atoms with Crippen LogP contribution in [0.5, 0.6) is 5.75 Å². The van der Waals surface area contributed by atoms with E-state index in [1.165, 1.54) is 0 Å². The topological polar surface area (TPSA) is 21.3 Å². The van der Waals surface area contributed by atoms with Gasteiger partial charge in [-0.25, -0.2) is 0 Å². The number of likely N-dealkylation sites (N-methyl/N-ethyl adjacent to an activating group) is 1. The average molecular weight is 308 g/mol. The molecule has 0 saturated heterocycles. The highest BCUT2D eigenvalue weighted by Crippen LogP contribution is 2.35. The number of hydrogen-bond donors (Lipinski definition) is 1. The highest BCUT2D eigenvalue weighted by Gasteiger charge is 2.10. The number of ether oxygens (including phenoxy) is 1. The number of rotatable bonds is 5. The van der Waals surface area contributed by atoms with E-state index in [1.807, 2.05) is 43.5 Å². The number of hydrogen-bond acceptors (Lipinski definition) is 2. The van der Waals surface area contributed by atoms with Gasteiger partial charge in [0.2, 0.25) is 0 Å². The minimum absolute atomic E-state index is 0.474. The zero-order valence-corrected chi connectivity index (χ0v) is 12.6. The molecule has 0 aliphatic rings. The molecule has 0 atom stereocenters. The van der Waals surface area contributed by atoms with Gasteiger partial charge in [0, 0.05) is 12.1 Å². The van der Waals surface area contributed by atoms with Crippen molar-refractivity contribution in [3.8, 4) is 5.75 Å². The first-order chi connectivity index (χ1) is 9.72. The summed E-state index contributed by atoms with van der Waals surface area (Å²) in [7, 11) is 1.88. The minimum Gasteiger partial charge on any atom is -0.454 e. The monoisotopic (exact) mass is 307 g/mol. The fourth-order valence-electron chi connectivity index (χ4n) is 1.71. The predicted molar refractivity (Wildman–Crippen MR) is 85.4 cm³/mol. The summed E-state index contributed by atoms with van der Waals surface area (Å²) in [5, 5.41) is 4.04. The average Bonchev–Trinajstić information content (AvgIpc) is 2.47. The Morgan fingerprint density at radius 2 is 1.70 bits per heavy atom. The second-order valence-electron chi connectivity index (χ2n) is 4.14. The lowest BCUT2D eigenvalue weighted by molar-refractivity contribution is 0.513. The molecular formula is C16H15Cl2NO. The van der Waals surface area contributed by atoms with Gasteiger partial charge in [0.25, 0.3) is 0 Å². The smallest absolute Gasteiger partial charge is 0.164 e. The Labute approximate surface area is 129 Å². The molecule has 2 nitrogen and oxygen atoms in total. The first-order valence-electron chi connectivity index (χ1n) is 6.24. The Kier molecular flexibility index (Phi) is 5.48. The number of para-hydroxylation sites is 1. The molecule has 104 valence electrons. The zero-order valence-electron chi connectivity index (χ0n) is 11.1. The second-order valence-corrected chi connectivity index (χ2v) is 4.96. The fourth-order valence-corrected chi connectivity index (χ4v) is 2.18. The van der Waals surface area contributed by atoms with Gasteiger partial charge in [-0.3, -0.25) is 0 Å². The van der Waals surface area contributed by atoms with Crippen LogP contribution in [0.15, 0.2) is 54.6 Å². The third kappa shape index (κ3) is 3.76. The van der Waals surface area contributed by atoms with Gasteiger partial charge in [-0.1, -0.05) is 59.6 Å². The molecule has 4 heteroatoms. The molecule has 0 saturated carbocycles.